The van der Waals surface area contributed by atoms with Crippen LogP contribution in [0.3, 0.4) is 0 Å². The SMILES string of the molecule is CCCCS(=O)(=O)CNCc1ccccc1. The third-order valence-electron chi connectivity index (χ3n) is 2.30. The fraction of sp³-hybridized carbons (Fsp3) is 0.500. The molecule has 0 fully saturated rings. The molecule has 0 saturated heterocycles. The van der Waals surface area contributed by atoms with Crippen LogP contribution in [-0.4, -0.2) is 20.0 Å². The van der Waals surface area contributed by atoms with E-state index in [4.69, 9.17) is 0 Å². The lowest BCUT2D eigenvalue weighted by atomic mass is 10.2. The van der Waals surface area contributed by atoms with Gasteiger partial charge in [0, 0.05) is 6.54 Å². The van der Waals surface area contributed by atoms with Gasteiger partial charge < -0.3 is 0 Å². The Kier molecular flexibility index (Phi) is 5.49. The second kappa shape index (κ2) is 6.66. The standard InChI is InChI=1S/C12H19NO2S/c1-2-3-9-16(14,15)11-13-10-12-7-5-4-6-8-12/h4-8,13H,2-3,9-11H2,1H3. The van der Waals surface area contributed by atoms with Gasteiger partial charge in [-0.15, -0.1) is 0 Å². The topological polar surface area (TPSA) is 46.2 Å². The predicted molar refractivity (Wildman–Crippen MR) is 66.8 cm³/mol. The molecule has 0 aliphatic rings. The third kappa shape index (κ3) is 5.28. The van der Waals surface area contributed by atoms with Crippen LogP contribution >= 0.6 is 0 Å². The summed E-state index contributed by atoms with van der Waals surface area (Å²) in [4.78, 5) is 0. The second-order valence-corrected chi connectivity index (χ2v) is 6.04. The van der Waals surface area contributed by atoms with Gasteiger partial charge in [0.2, 0.25) is 0 Å². The molecular formula is C12H19NO2S. The number of hydrogen-bond donors (Lipinski definition) is 1. The van der Waals surface area contributed by atoms with E-state index in [9.17, 15) is 8.42 Å². The van der Waals surface area contributed by atoms with Gasteiger partial charge in [0.25, 0.3) is 0 Å². The van der Waals surface area contributed by atoms with Gasteiger partial charge in [-0.2, -0.15) is 0 Å². The summed E-state index contributed by atoms with van der Waals surface area (Å²) in [5.74, 6) is 0.354. The normalized spacial score (nSPS) is 11.6. The lowest BCUT2D eigenvalue weighted by Crippen LogP contribution is -2.24. The van der Waals surface area contributed by atoms with Crippen molar-refractivity contribution in [3.63, 3.8) is 0 Å². The van der Waals surface area contributed by atoms with E-state index in [1.807, 2.05) is 37.3 Å². The molecule has 1 aromatic carbocycles. The van der Waals surface area contributed by atoms with Crippen molar-refractivity contribution in [1.82, 2.24) is 5.32 Å². The van der Waals surface area contributed by atoms with Gasteiger partial charge in [0.15, 0.2) is 9.84 Å². The highest BCUT2D eigenvalue weighted by Gasteiger charge is 2.08. The summed E-state index contributed by atoms with van der Waals surface area (Å²) in [5, 5.41) is 2.96. The van der Waals surface area contributed by atoms with Crippen molar-refractivity contribution in [3.8, 4) is 0 Å². The van der Waals surface area contributed by atoms with E-state index < -0.39 is 9.84 Å². The molecule has 4 heteroatoms. The molecule has 0 saturated carbocycles. The molecule has 0 radical (unpaired) electrons. The molecule has 90 valence electrons. The number of nitrogens with one attached hydrogen (secondary N) is 1. The lowest BCUT2D eigenvalue weighted by molar-refractivity contribution is 0.583. The van der Waals surface area contributed by atoms with E-state index >= 15 is 0 Å². The first-order valence-electron chi connectivity index (χ1n) is 5.59. The molecule has 0 unspecified atom stereocenters. The number of benzene rings is 1. The molecule has 0 atom stereocenters. The molecule has 16 heavy (non-hydrogen) atoms. The molecule has 0 aromatic heterocycles. The van der Waals surface area contributed by atoms with Crippen molar-refractivity contribution < 1.29 is 8.42 Å². The smallest absolute Gasteiger partial charge is 0.163 e. The first kappa shape index (κ1) is 13.2. The van der Waals surface area contributed by atoms with Crippen LogP contribution in [0, 0.1) is 0 Å². The van der Waals surface area contributed by atoms with Gasteiger partial charge in [-0.3, -0.25) is 5.32 Å². The van der Waals surface area contributed by atoms with Crippen LogP contribution in [0.4, 0.5) is 0 Å². The zero-order chi connectivity index (χ0) is 11.9. The Balaban J connectivity index is 2.30. The number of sulfone groups is 1. The molecular weight excluding hydrogens is 222 g/mol. The monoisotopic (exact) mass is 241 g/mol. The van der Waals surface area contributed by atoms with Gasteiger partial charge in [0.1, 0.15) is 0 Å². The van der Waals surface area contributed by atoms with Crippen molar-refractivity contribution in [2.75, 3.05) is 11.6 Å². The van der Waals surface area contributed by atoms with Crippen molar-refractivity contribution in [2.24, 2.45) is 0 Å². The zero-order valence-corrected chi connectivity index (χ0v) is 10.5. The minimum absolute atomic E-state index is 0.0713. The highest BCUT2D eigenvalue weighted by atomic mass is 32.2. The van der Waals surface area contributed by atoms with Crippen molar-refractivity contribution in [3.05, 3.63) is 35.9 Å². The average Bonchev–Trinajstić information content (AvgIpc) is 2.28. The summed E-state index contributed by atoms with van der Waals surface area (Å²) >= 11 is 0. The van der Waals surface area contributed by atoms with Crippen LogP contribution in [0.2, 0.25) is 0 Å². The molecule has 0 aliphatic heterocycles. The van der Waals surface area contributed by atoms with Crippen LogP contribution in [0.25, 0.3) is 0 Å². The van der Waals surface area contributed by atoms with Crippen molar-refractivity contribution in [1.29, 1.82) is 0 Å². The zero-order valence-electron chi connectivity index (χ0n) is 9.65. The molecule has 0 bridgehead atoms. The van der Waals surface area contributed by atoms with Crippen LogP contribution in [0.1, 0.15) is 25.3 Å². The van der Waals surface area contributed by atoms with Crippen molar-refractivity contribution >= 4 is 9.84 Å². The largest absolute Gasteiger partial charge is 0.300 e. The fourth-order valence-corrected chi connectivity index (χ4v) is 2.67. The van der Waals surface area contributed by atoms with E-state index in [-0.39, 0.29) is 11.6 Å². The maximum atomic E-state index is 11.5. The summed E-state index contributed by atoms with van der Waals surface area (Å²) in [6.07, 6.45) is 1.66. The maximum absolute atomic E-state index is 11.5. The molecule has 1 rings (SSSR count). The van der Waals surface area contributed by atoms with E-state index in [0.29, 0.717) is 6.54 Å². The van der Waals surface area contributed by atoms with E-state index in [1.54, 1.807) is 0 Å². The highest BCUT2D eigenvalue weighted by Crippen LogP contribution is 1.99. The Bertz CT molecular complexity index is 387. The van der Waals surface area contributed by atoms with Gasteiger partial charge >= 0.3 is 0 Å². The van der Waals surface area contributed by atoms with Gasteiger partial charge in [-0.05, 0) is 12.0 Å². The predicted octanol–water partition coefficient (Wildman–Crippen LogP) is 1.95. The Morgan fingerprint density at radius 1 is 1.19 bits per heavy atom. The van der Waals surface area contributed by atoms with Crippen LogP contribution in [0.5, 0.6) is 0 Å². The van der Waals surface area contributed by atoms with Gasteiger partial charge in [0.05, 0.1) is 11.6 Å². The number of rotatable bonds is 7. The molecule has 1 N–H and O–H groups in total. The molecule has 1 aromatic rings. The third-order valence-corrected chi connectivity index (χ3v) is 3.86. The molecule has 3 nitrogen and oxygen atoms in total. The van der Waals surface area contributed by atoms with Gasteiger partial charge in [-0.1, -0.05) is 43.7 Å². The Morgan fingerprint density at radius 2 is 1.88 bits per heavy atom. The highest BCUT2D eigenvalue weighted by molar-refractivity contribution is 7.91. The van der Waals surface area contributed by atoms with Crippen molar-refractivity contribution in [2.45, 2.75) is 26.3 Å². The summed E-state index contributed by atoms with van der Waals surface area (Å²) < 4.78 is 23.0. The summed E-state index contributed by atoms with van der Waals surface area (Å²) in [7, 11) is -2.92. The molecule has 0 aliphatic carbocycles. The number of hydrogen-bond acceptors (Lipinski definition) is 3. The second-order valence-electron chi connectivity index (χ2n) is 3.86. The molecule has 0 amide bonds. The quantitative estimate of drug-likeness (QED) is 0.793. The summed E-state index contributed by atoms with van der Waals surface area (Å²) in [6.45, 7) is 2.60. The maximum Gasteiger partial charge on any atom is 0.163 e. The Morgan fingerprint density at radius 3 is 2.50 bits per heavy atom. The van der Waals surface area contributed by atoms with Crippen LogP contribution < -0.4 is 5.32 Å². The minimum Gasteiger partial charge on any atom is -0.300 e. The first-order valence-corrected chi connectivity index (χ1v) is 7.41. The Hall–Kier alpha value is -0.870. The van der Waals surface area contributed by atoms with Crippen LogP contribution in [-0.2, 0) is 16.4 Å². The molecule has 0 heterocycles. The summed E-state index contributed by atoms with van der Waals surface area (Å²) in [5.41, 5.74) is 1.10. The Labute approximate surface area is 97.8 Å². The number of unbranched alkanes of at least 4 members (excludes halogenated alkanes) is 1. The molecule has 0 spiro atoms. The van der Waals surface area contributed by atoms with E-state index in [2.05, 4.69) is 5.32 Å². The van der Waals surface area contributed by atoms with E-state index in [1.165, 1.54) is 0 Å². The van der Waals surface area contributed by atoms with E-state index in [0.717, 1.165) is 18.4 Å². The van der Waals surface area contributed by atoms with Gasteiger partial charge in [-0.25, -0.2) is 8.42 Å². The lowest BCUT2D eigenvalue weighted by Gasteiger charge is -2.05. The minimum atomic E-state index is -2.92. The average molecular weight is 241 g/mol. The fourth-order valence-electron chi connectivity index (χ4n) is 1.38. The first-order chi connectivity index (χ1) is 7.64. The van der Waals surface area contributed by atoms with Crippen LogP contribution in [0.15, 0.2) is 30.3 Å². The summed E-state index contributed by atoms with van der Waals surface area (Å²) in [6, 6.07) is 9.80.